The Kier molecular flexibility index (Phi) is 3.06. The van der Waals surface area contributed by atoms with Crippen LogP contribution in [0, 0.1) is 0 Å². The molecule has 0 aliphatic carbocycles. The maximum atomic E-state index is 11.4. The zero-order chi connectivity index (χ0) is 10.7. The summed E-state index contributed by atoms with van der Waals surface area (Å²) in [4.78, 5) is 24.3. The van der Waals surface area contributed by atoms with Crippen LogP contribution in [0.1, 0.15) is 6.92 Å². The van der Waals surface area contributed by atoms with Gasteiger partial charge in [-0.3, -0.25) is 9.36 Å². The average Bonchev–Trinajstić information content (AvgIpc) is 2.48. The third-order valence-electron chi connectivity index (χ3n) is 2.07. The first-order chi connectivity index (χ1) is 6.56. The number of nitrogens with zero attached hydrogens (tertiary/aromatic N) is 4. The minimum Gasteiger partial charge on any atom is -0.344 e. The second-order valence-electron chi connectivity index (χ2n) is 3.09. The van der Waals surface area contributed by atoms with Gasteiger partial charge in [0, 0.05) is 20.6 Å². The van der Waals surface area contributed by atoms with Gasteiger partial charge in [-0.05, 0) is 6.92 Å². The molecule has 0 bridgehead atoms. The Hall–Kier alpha value is -1.59. The summed E-state index contributed by atoms with van der Waals surface area (Å²) in [6.45, 7) is 2.50. The normalized spacial score (nSPS) is 10.2. The van der Waals surface area contributed by atoms with Crippen molar-refractivity contribution < 1.29 is 4.79 Å². The van der Waals surface area contributed by atoms with Gasteiger partial charge >= 0.3 is 5.69 Å². The van der Waals surface area contributed by atoms with Crippen LogP contribution >= 0.6 is 0 Å². The van der Waals surface area contributed by atoms with Crippen LogP contribution in [0.15, 0.2) is 11.1 Å². The standard InChI is InChI=1S/C8H14N4O2/c1-4-10(2)7(13)5-12-8(14)11(3)6-9-12/h6H,4-5H2,1-3H3. The predicted molar refractivity (Wildman–Crippen MR) is 50.8 cm³/mol. The lowest BCUT2D eigenvalue weighted by Crippen LogP contribution is -2.34. The monoisotopic (exact) mass is 198 g/mol. The summed E-state index contributed by atoms with van der Waals surface area (Å²) in [5, 5.41) is 3.79. The minimum absolute atomic E-state index is 0.00398. The molecule has 6 heteroatoms. The van der Waals surface area contributed by atoms with Crippen LogP contribution in [-0.2, 0) is 18.4 Å². The van der Waals surface area contributed by atoms with Gasteiger partial charge in [0.05, 0.1) is 0 Å². The van der Waals surface area contributed by atoms with E-state index in [0.29, 0.717) is 6.54 Å². The smallest absolute Gasteiger partial charge is 0.344 e. The van der Waals surface area contributed by atoms with E-state index in [0.717, 1.165) is 4.68 Å². The third kappa shape index (κ3) is 2.01. The molecule has 0 aliphatic rings. The van der Waals surface area contributed by atoms with Crippen molar-refractivity contribution in [3.05, 3.63) is 16.8 Å². The summed E-state index contributed by atoms with van der Waals surface area (Å²) in [7, 11) is 3.29. The van der Waals surface area contributed by atoms with Crippen molar-refractivity contribution in [2.75, 3.05) is 13.6 Å². The molecular formula is C8H14N4O2. The third-order valence-corrected chi connectivity index (χ3v) is 2.07. The molecule has 14 heavy (non-hydrogen) atoms. The zero-order valence-corrected chi connectivity index (χ0v) is 8.60. The van der Waals surface area contributed by atoms with Gasteiger partial charge in [0.15, 0.2) is 0 Å². The summed E-state index contributed by atoms with van der Waals surface area (Å²) >= 11 is 0. The second-order valence-corrected chi connectivity index (χ2v) is 3.09. The van der Waals surface area contributed by atoms with Crippen LogP contribution in [0.3, 0.4) is 0 Å². The van der Waals surface area contributed by atoms with E-state index >= 15 is 0 Å². The van der Waals surface area contributed by atoms with Crippen molar-refractivity contribution in [2.45, 2.75) is 13.5 Å². The van der Waals surface area contributed by atoms with Gasteiger partial charge in [-0.25, -0.2) is 9.48 Å². The molecule has 1 rings (SSSR count). The number of likely N-dealkylation sites (N-methyl/N-ethyl adjacent to an activating group) is 1. The van der Waals surface area contributed by atoms with Crippen molar-refractivity contribution in [3.8, 4) is 0 Å². The van der Waals surface area contributed by atoms with Crippen LogP contribution in [0.4, 0.5) is 0 Å². The molecule has 78 valence electrons. The molecule has 0 saturated carbocycles. The van der Waals surface area contributed by atoms with Crippen molar-refractivity contribution in [1.29, 1.82) is 0 Å². The molecule has 0 saturated heterocycles. The molecule has 1 aromatic heterocycles. The van der Waals surface area contributed by atoms with E-state index < -0.39 is 0 Å². The zero-order valence-electron chi connectivity index (χ0n) is 8.60. The van der Waals surface area contributed by atoms with Gasteiger partial charge in [-0.2, -0.15) is 5.10 Å². The predicted octanol–water partition coefficient (Wildman–Crippen LogP) is -0.940. The fourth-order valence-corrected chi connectivity index (χ4v) is 0.954. The topological polar surface area (TPSA) is 60.1 Å². The molecule has 0 unspecified atom stereocenters. The number of carbonyl (C=O) groups is 1. The lowest BCUT2D eigenvalue weighted by Gasteiger charge is -2.13. The number of hydrogen-bond acceptors (Lipinski definition) is 3. The maximum absolute atomic E-state index is 11.4. The molecule has 0 aromatic carbocycles. The molecule has 1 heterocycles. The molecule has 0 N–H and O–H groups in total. The summed E-state index contributed by atoms with van der Waals surface area (Å²) in [6, 6.07) is 0. The van der Waals surface area contributed by atoms with Crippen molar-refractivity contribution in [2.24, 2.45) is 7.05 Å². The van der Waals surface area contributed by atoms with E-state index in [1.165, 1.54) is 10.9 Å². The molecule has 0 aliphatic heterocycles. The maximum Gasteiger partial charge on any atom is 0.345 e. The molecule has 1 aromatic rings. The Morgan fingerprint density at radius 3 is 2.71 bits per heavy atom. The first kappa shape index (κ1) is 10.5. The van der Waals surface area contributed by atoms with Crippen molar-refractivity contribution >= 4 is 5.91 Å². The lowest BCUT2D eigenvalue weighted by molar-refractivity contribution is -0.130. The Balaban J connectivity index is 2.75. The summed E-state index contributed by atoms with van der Waals surface area (Å²) in [5.74, 6) is -0.117. The Labute approximate surface area is 81.7 Å². The van der Waals surface area contributed by atoms with Gasteiger partial charge in [-0.15, -0.1) is 0 Å². The van der Waals surface area contributed by atoms with Gasteiger partial charge in [0.25, 0.3) is 0 Å². The number of hydrogen-bond donors (Lipinski definition) is 0. The van der Waals surface area contributed by atoms with E-state index in [9.17, 15) is 9.59 Å². The van der Waals surface area contributed by atoms with E-state index in [-0.39, 0.29) is 18.1 Å². The summed E-state index contributed by atoms with van der Waals surface area (Å²) in [5.41, 5.74) is -0.275. The van der Waals surface area contributed by atoms with Gasteiger partial charge in [0.2, 0.25) is 5.91 Å². The molecule has 0 atom stereocenters. The highest BCUT2D eigenvalue weighted by atomic mass is 16.2. The highest BCUT2D eigenvalue weighted by molar-refractivity contribution is 5.75. The van der Waals surface area contributed by atoms with Crippen LogP contribution in [-0.4, -0.2) is 38.7 Å². The molecule has 6 nitrogen and oxygen atoms in total. The number of aryl methyl sites for hydroxylation is 1. The van der Waals surface area contributed by atoms with Gasteiger partial charge < -0.3 is 4.90 Å². The fourth-order valence-electron chi connectivity index (χ4n) is 0.954. The average molecular weight is 198 g/mol. The van der Waals surface area contributed by atoms with E-state index in [1.807, 2.05) is 6.92 Å². The molecule has 0 fully saturated rings. The van der Waals surface area contributed by atoms with Crippen LogP contribution in [0.5, 0.6) is 0 Å². The summed E-state index contributed by atoms with van der Waals surface area (Å²) < 4.78 is 2.48. The first-order valence-corrected chi connectivity index (χ1v) is 4.38. The summed E-state index contributed by atoms with van der Waals surface area (Å²) in [6.07, 6.45) is 1.39. The SMILES string of the molecule is CCN(C)C(=O)Cn1ncn(C)c1=O. The molecule has 0 radical (unpaired) electrons. The highest BCUT2D eigenvalue weighted by Gasteiger charge is 2.10. The van der Waals surface area contributed by atoms with Crippen LogP contribution < -0.4 is 5.69 Å². The Bertz CT molecular complexity index is 379. The number of amides is 1. The largest absolute Gasteiger partial charge is 0.345 e. The Morgan fingerprint density at radius 2 is 2.29 bits per heavy atom. The van der Waals surface area contributed by atoms with Gasteiger partial charge in [-0.1, -0.05) is 0 Å². The minimum atomic E-state index is -0.275. The van der Waals surface area contributed by atoms with Crippen LogP contribution in [0.25, 0.3) is 0 Å². The molecular weight excluding hydrogens is 184 g/mol. The van der Waals surface area contributed by atoms with Crippen molar-refractivity contribution in [3.63, 3.8) is 0 Å². The Morgan fingerprint density at radius 1 is 1.64 bits per heavy atom. The lowest BCUT2D eigenvalue weighted by atomic mass is 10.5. The van der Waals surface area contributed by atoms with Crippen molar-refractivity contribution in [1.82, 2.24) is 19.2 Å². The van der Waals surface area contributed by atoms with E-state index in [2.05, 4.69) is 5.10 Å². The second kappa shape index (κ2) is 4.08. The van der Waals surface area contributed by atoms with Crippen LogP contribution in [0.2, 0.25) is 0 Å². The van der Waals surface area contributed by atoms with Gasteiger partial charge in [0.1, 0.15) is 12.9 Å². The van der Waals surface area contributed by atoms with E-state index in [1.54, 1.807) is 19.0 Å². The number of aromatic nitrogens is 3. The highest BCUT2D eigenvalue weighted by Crippen LogP contribution is 1.86. The number of rotatable bonds is 3. The molecule has 0 spiro atoms. The first-order valence-electron chi connectivity index (χ1n) is 4.38. The quantitative estimate of drug-likeness (QED) is 0.629. The van der Waals surface area contributed by atoms with E-state index in [4.69, 9.17) is 0 Å². The molecule has 1 amide bonds. The number of carbonyl (C=O) groups excluding carboxylic acids is 1. The fraction of sp³-hybridized carbons (Fsp3) is 0.625.